The normalized spacial score (nSPS) is 16.2. The van der Waals surface area contributed by atoms with E-state index in [1.54, 1.807) is 14.0 Å². The molecule has 7 heteroatoms. The summed E-state index contributed by atoms with van der Waals surface area (Å²) in [5.74, 6) is -0.701. The lowest BCUT2D eigenvalue weighted by Gasteiger charge is -2.39. The fraction of sp³-hybridized carbons (Fsp3) is 0.348. The third-order valence-electron chi connectivity index (χ3n) is 5.62. The Morgan fingerprint density at radius 1 is 1.30 bits per heavy atom. The number of ether oxygens (including phenoxy) is 1. The number of carboxylic acid groups (broad SMARTS) is 1. The van der Waals surface area contributed by atoms with Gasteiger partial charge in [0, 0.05) is 46.9 Å². The van der Waals surface area contributed by atoms with Gasteiger partial charge in [-0.2, -0.15) is 0 Å². The molecule has 1 atom stereocenters. The van der Waals surface area contributed by atoms with E-state index in [2.05, 4.69) is 20.8 Å². The molecule has 158 valence electrons. The Morgan fingerprint density at radius 3 is 2.47 bits per heavy atom. The molecule has 0 aliphatic carbocycles. The van der Waals surface area contributed by atoms with E-state index < -0.39 is 11.4 Å². The van der Waals surface area contributed by atoms with Crippen molar-refractivity contribution in [1.29, 1.82) is 5.41 Å². The number of nitrogens with one attached hydrogen (secondary N) is 1. The van der Waals surface area contributed by atoms with E-state index in [1.165, 1.54) is 18.5 Å². The molecule has 0 fully saturated rings. The molecule has 1 unspecified atom stereocenters. The molecular weight excluding hydrogens is 382 g/mol. The number of nitrogens with zero attached hydrogens (tertiary/aromatic N) is 1. The van der Waals surface area contributed by atoms with E-state index in [1.807, 2.05) is 16.7 Å². The summed E-state index contributed by atoms with van der Waals surface area (Å²) in [6, 6.07) is 5.12. The van der Waals surface area contributed by atoms with Gasteiger partial charge in [-0.3, -0.25) is 4.79 Å². The number of methoxy groups -OCH3 is 1. The zero-order chi connectivity index (χ0) is 22.4. The van der Waals surface area contributed by atoms with Crippen LogP contribution >= 0.6 is 0 Å². The van der Waals surface area contributed by atoms with E-state index in [-0.39, 0.29) is 17.0 Å². The third-order valence-corrected chi connectivity index (χ3v) is 5.62. The van der Waals surface area contributed by atoms with Crippen molar-refractivity contribution in [1.82, 2.24) is 4.57 Å². The molecule has 0 saturated carbocycles. The molecule has 1 aromatic carbocycles. The molecular formula is C23H27N3O4. The maximum atomic E-state index is 12.5. The monoisotopic (exact) mass is 409 g/mol. The average Bonchev–Trinajstić information content (AvgIpc) is 2.65. The lowest BCUT2D eigenvalue weighted by molar-refractivity contribution is 0.0693. The van der Waals surface area contributed by atoms with Crippen molar-refractivity contribution in [3.63, 3.8) is 0 Å². The molecule has 3 rings (SSSR count). The molecule has 0 amide bonds. The van der Waals surface area contributed by atoms with Gasteiger partial charge in [0.05, 0.1) is 12.8 Å². The van der Waals surface area contributed by atoms with Crippen LogP contribution in [0.2, 0.25) is 0 Å². The molecule has 1 aromatic heterocycles. The van der Waals surface area contributed by atoms with Crippen molar-refractivity contribution in [3.05, 3.63) is 57.0 Å². The average molecular weight is 409 g/mol. The van der Waals surface area contributed by atoms with Crippen molar-refractivity contribution in [3.8, 4) is 17.0 Å². The highest BCUT2D eigenvalue weighted by atomic mass is 16.5. The van der Waals surface area contributed by atoms with Gasteiger partial charge < -0.3 is 25.6 Å². The number of aromatic carboxylic acids is 1. The molecule has 4 N–H and O–H groups in total. The Bertz CT molecular complexity index is 1130. The van der Waals surface area contributed by atoms with Gasteiger partial charge in [-0.25, -0.2) is 4.79 Å². The minimum absolute atomic E-state index is 0.0636. The molecule has 1 aliphatic heterocycles. The highest BCUT2D eigenvalue weighted by Crippen LogP contribution is 2.45. The fourth-order valence-corrected chi connectivity index (χ4v) is 4.03. The van der Waals surface area contributed by atoms with Crippen molar-refractivity contribution in [2.75, 3.05) is 7.11 Å². The molecule has 1 aliphatic rings. The van der Waals surface area contributed by atoms with E-state index in [0.29, 0.717) is 29.1 Å². The molecule has 0 saturated heterocycles. The Kier molecular flexibility index (Phi) is 5.33. The standard InChI is InChI=1S/C23H27N3O4/c1-12(25)16(10-24)15-6-13-7-21(23(2,3)4)26-11-17(22(28)29)19(27)9-18(26)14(13)8-20(15)30-5/h6,8-11,21,24H,7,25H2,1-5H3,(H,28,29)/b16-12+,24-10?. The first kappa shape index (κ1) is 21.4. The minimum Gasteiger partial charge on any atom is -0.496 e. The number of rotatable bonds is 4. The number of aromatic nitrogens is 1. The number of hydrogen-bond donors (Lipinski definition) is 3. The van der Waals surface area contributed by atoms with Gasteiger partial charge in [0.15, 0.2) is 5.43 Å². The van der Waals surface area contributed by atoms with Crippen LogP contribution in [0.5, 0.6) is 5.75 Å². The lowest BCUT2D eigenvalue weighted by atomic mass is 9.78. The number of hydrogen-bond acceptors (Lipinski definition) is 5. The second kappa shape index (κ2) is 7.48. The summed E-state index contributed by atoms with van der Waals surface area (Å²) in [6.45, 7) is 7.99. The molecule has 0 bridgehead atoms. The Labute approximate surface area is 175 Å². The number of carbonyl (C=O) groups is 1. The Morgan fingerprint density at radius 2 is 1.97 bits per heavy atom. The number of benzene rings is 1. The highest BCUT2D eigenvalue weighted by Gasteiger charge is 2.34. The van der Waals surface area contributed by atoms with Crippen LogP contribution in [0.4, 0.5) is 0 Å². The van der Waals surface area contributed by atoms with Crippen molar-refractivity contribution in [2.45, 2.75) is 40.2 Å². The van der Waals surface area contributed by atoms with Crippen LogP contribution < -0.4 is 15.9 Å². The SMILES string of the molecule is COc1cc2c(cc1/C(C=N)=C(\C)N)CC(C(C)(C)C)n1cc(C(=O)O)c(=O)cc1-2. The third kappa shape index (κ3) is 3.51. The summed E-state index contributed by atoms with van der Waals surface area (Å²) in [7, 11) is 1.54. The molecule has 0 radical (unpaired) electrons. The molecule has 0 spiro atoms. The second-order valence-corrected chi connectivity index (χ2v) is 8.69. The summed E-state index contributed by atoms with van der Waals surface area (Å²) in [5.41, 5.74) is 9.28. The van der Waals surface area contributed by atoms with Crippen LogP contribution in [0.25, 0.3) is 16.8 Å². The van der Waals surface area contributed by atoms with E-state index in [0.717, 1.165) is 16.7 Å². The Balaban J connectivity index is 2.38. The van der Waals surface area contributed by atoms with Crippen LogP contribution in [0.15, 0.2) is 34.9 Å². The lowest BCUT2D eigenvalue weighted by Crippen LogP contribution is -2.33. The minimum atomic E-state index is -1.24. The van der Waals surface area contributed by atoms with Gasteiger partial charge in [-0.15, -0.1) is 0 Å². The zero-order valence-electron chi connectivity index (χ0n) is 17.9. The van der Waals surface area contributed by atoms with Crippen LogP contribution in [0, 0.1) is 10.8 Å². The van der Waals surface area contributed by atoms with Crippen molar-refractivity contribution >= 4 is 17.8 Å². The van der Waals surface area contributed by atoms with E-state index in [9.17, 15) is 14.7 Å². The highest BCUT2D eigenvalue weighted by molar-refractivity contribution is 6.10. The fourth-order valence-electron chi connectivity index (χ4n) is 4.03. The van der Waals surface area contributed by atoms with Gasteiger partial charge in [0.1, 0.15) is 11.3 Å². The van der Waals surface area contributed by atoms with E-state index in [4.69, 9.17) is 15.9 Å². The van der Waals surface area contributed by atoms with Gasteiger partial charge in [0.2, 0.25) is 0 Å². The molecule has 2 aromatic rings. The smallest absolute Gasteiger partial charge is 0.341 e. The van der Waals surface area contributed by atoms with Crippen LogP contribution in [-0.2, 0) is 6.42 Å². The first-order chi connectivity index (χ1) is 14.0. The van der Waals surface area contributed by atoms with Gasteiger partial charge >= 0.3 is 5.97 Å². The summed E-state index contributed by atoms with van der Waals surface area (Å²) in [5, 5.41) is 17.2. The molecule has 7 nitrogen and oxygen atoms in total. The first-order valence-electron chi connectivity index (χ1n) is 9.67. The summed E-state index contributed by atoms with van der Waals surface area (Å²) in [6.07, 6.45) is 3.30. The quantitative estimate of drug-likeness (QED) is 0.665. The van der Waals surface area contributed by atoms with Crippen LogP contribution in [-0.4, -0.2) is 29.0 Å². The van der Waals surface area contributed by atoms with Crippen LogP contribution in [0.3, 0.4) is 0 Å². The van der Waals surface area contributed by atoms with Crippen molar-refractivity contribution < 1.29 is 14.6 Å². The zero-order valence-corrected chi connectivity index (χ0v) is 17.9. The largest absolute Gasteiger partial charge is 0.496 e. The maximum absolute atomic E-state index is 12.5. The number of nitrogens with two attached hydrogens (primary N) is 1. The number of carboxylic acids is 1. The number of allylic oxidation sites excluding steroid dienone is 2. The van der Waals surface area contributed by atoms with Crippen LogP contribution in [0.1, 0.15) is 55.2 Å². The predicted octanol–water partition coefficient (Wildman–Crippen LogP) is 3.70. The summed E-state index contributed by atoms with van der Waals surface area (Å²) >= 11 is 0. The van der Waals surface area contributed by atoms with Crippen molar-refractivity contribution in [2.24, 2.45) is 11.1 Å². The number of pyridine rings is 1. The summed E-state index contributed by atoms with van der Waals surface area (Å²) in [4.78, 5) is 24.0. The Hall–Kier alpha value is -3.35. The predicted molar refractivity (Wildman–Crippen MR) is 117 cm³/mol. The summed E-state index contributed by atoms with van der Waals surface area (Å²) < 4.78 is 7.47. The number of fused-ring (bicyclic) bond motifs is 3. The first-order valence-corrected chi connectivity index (χ1v) is 9.67. The van der Waals surface area contributed by atoms with Gasteiger partial charge in [-0.1, -0.05) is 20.8 Å². The molecule has 30 heavy (non-hydrogen) atoms. The second-order valence-electron chi connectivity index (χ2n) is 8.69. The maximum Gasteiger partial charge on any atom is 0.341 e. The van der Waals surface area contributed by atoms with E-state index >= 15 is 0 Å². The topological polar surface area (TPSA) is 118 Å². The van der Waals surface area contributed by atoms with Gasteiger partial charge in [-0.05, 0) is 36.5 Å². The molecule has 2 heterocycles. The van der Waals surface area contributed by atoms with Gasteiger partial charge in [0.25, 0.3) is 0 Å².